The number of H-pyrrole nitrogens is 1. The molecule has 1 aromatic heterocycles. The van der Waals surface area contributed by atoms with E-state index in [-0.39, 0.29) is 5.54 Å². The fourth-order valence-corrected chi connectivity index (χ4v) is 3.89. The minimum Gasteiger partial charge on any atom is -0.381 e. The molecular weight excluding hydrogens is 318 g/mol. The number of rotatable bonds is 4. The van der Waals surface area contributed by atoms with Crippen LogP contribution in [0.4, 0.5) is 0 Å². The maximum Gasteiger partial charge on any atom is 0.193 e. The second-order valence-electron chi connectivity index (χ2n) is 7.26. The zero-order valence-corrected chi connectivity index (χ0v) is 15.7. The summed E-state index contributed by atoms with van der Waals surface area (Å²) in [5.41, 5.74) is 0.145. The number of nitrogens with one attached hydrogen (secondary N) is 2. The second-order valence-corrected chi connectivity index (χ2v) is 7.26. The van der Waals surface area contributed by atoms with Crippen LogP contribution in [0.2, 0.25) is 0 Å². The van der Waals surface area contributed by atoms with Crippen molar-refractivity contribution in [2.75, 3.05) is 54.0 Å². The normalized spacial score (nSPS) is 22.4. The molecule has 2 N–H and O–H groups in total. The lowest BCUT2D eigenvalue weighted by Gasteiger charge is -2.44. The van der Waals surface area contributed by atoms with Gasteiger partial charge in [0.05, 0.1) is 0 Å². The number of guanidine groups is 1. The SMILES string of the molecule is CN=C(NCC1(N(C)C)CCOCC1)N1CCC(c2ncn[nH]2)CC1. The number of ether oxygens (including phenoxy) is 1. The monoisotopic (exact) mass is 349 g/mol. The van der Waals surface area contributed by atoms with Gasteiger partial charge in [-0.3, -0.25) is 10.1 Å². The van der Waals surface area contributed by atoms with Gasteiger partial charge in [0.2, 0.25) is 0 Å². The molecule has 25 heavy (non-hydrogen) atoms. The van der Waals surface area contributed by atoms with Crippen molar-refractivity contribution in [3.05, 3.63) is 12.2 Å². The molecule has 2 aliphatic rings. The van der Waals surface area contributed by atoms with Crippen LogP contribution >= 0.6 is 0 Å². The molecule has 2 saturated heterocycles. The second kappa shape index (κ2) is 8.14. The van der Waals surface area contributed by atoms with Crippen LogP contribution in [0.3, 0.4) is 0 Å². The molecule has 0 aliphatic carbocycles. The highest BCUT2D eigenvalue weighted by Gasteiger charge is 2.35. The summed E-state index contributed by atoms with van der Waals surface area (Å²) in [5, 5.41) is 10.6. The van der Waals surface area contributed by atoms with Gasteiger partial charge < -0.3 is 19.9 Å². The molecule has 140 valence electrons. The van der Waals surface area contributed by atoms with E-state index in [2.05, 4.69) is 49.4 Å². The zero-order chi connectivity index (χ0) is 17.7. The first-order valence-corrected chi connectivity index (χ1v) is 9.21. The average Bonchev–Trinajstić information content (AvgIpc) is 3.18. The summed E-state index contributed by atoms with van der Waals surface area (Å²) in [4.78, 5) is 13.5. The quantitative estimate of drug-likeness (QED) is 0.614. The summed E-state index contributed by atoms with van der Waals surface area (Å²) in [7, 11) is 6.20. The Morgan fingerprint density at radius 3 is 2.68 bits per heavy atom. The summed E-state index contributed by atoms with van der Waals surface area (Å²) in [6.07, 6.45) is 5.84. The van der Waals surface area contributed by atoms with Crippen LogP contribution in [0.15, 0.2) is 11.3 Å². The summed E-state index contributed by atoms with van der Waals surface area (Å²) in [5.74, 6) is 2.49. The van der Waals surface area contributed by atoms with E-state index < -0.39 is 0 Å². The third-order valence-electron chi connectivity index (χ3n) is 5.77. The molecule has 1 aromatic rings. The Bertz CT molecular complexity index is 543. The number of likely N-dealkylation sites (tertiary alicyclic amines) is 1. The van der Waals surface area contributed by atoms with Crippen LogP contribution in [0.25, 0.3) is 0 Å². The van der Waals surface area contributed by atoms with E-state index in [1.807, 2.05) is 7.05 Å². The summed E-state index contributed by atoms with van der Waals surface area (Å²) >= 11 is 0. The first-order chi connectivity index (χ1) is 12.1. The van der Waals surface area contributed by atoms with Crippen molar-refractivity contribution >= 4 is 5.96 Å². The molecule has 0 saturated carbocycles. The van der Waals surface area contributed by atoms with Crippen LogP contribution in [-0.2, 0) is 4.74 Å². The third kappa shape index (κ3) is 4.12. The van der Waals surface area contributed by atoms with E-state index in [1.54, 1.807) is 6.33 Å². The first-order valence-electron chi connectivity index (χ1n) is 9.21. The molecule has 8 heteroatoms. The highest BCUT2D eigenvalue weighted by molar-refractivity contribution is 5.80. The lowest BCUT2D eigenvalue weighted by atomic mass is 9.88. The van der Waals surface area contributed by atoms with Gasteiger partial charge in [-0.1, -0.05) is 0 Å². The smallest absolute Gasteiger partial charge is 0.193 e. The third-order valence-corrected chi connectivity index (χ3v) is 5.77. The standard InChI is InChI=1S/C17H31N7O/c1-18-16(19-12-17(23(2)3)6-10-25-11-7-17)24-8-4-14(5-9-24)15-20-13-21-22-15/h13-14H,4-12H2,1-3H3,(H,18,19)(H,20,21,22). The van der Waals surface area contributed by atoms with Crippen molar-refractivity contribution in [2.24, 2.45) is 4.99 Å². The van der Waals surface area contributed by atoms with Crippen molar-refractivity contribution in [1.82, 2.24) is 30.3 Å². The number of hydrogen-bond donors (Lipinski definition) is 2. The fraction of sp³-hybridized carbons (Fsp3) is 0.824. The van der Waals surface area contributed by atoms with E-state index in [1.165, 1.54) is 0 Å². The molecule has 2 aliphatic heterocycles. The molecule has 0 atom stereocenters. The molecule has 3 heterocycles. The van der Waals surface area contributed by atoms with Gasteiger partial charge in [0.15, 0.2) is 5.96 Å². The molecular formula is C17H31N7O. The molecule has 0 aromatic carbocycles. The lowest BCUT2D eigenvalue weighted by molar-refractivity contribution is -0.00529. The fourth-order valence-electron chi connectivity index (χ4n) is 3.89. The van der Waals surface area contributed by atoms with Gasteiger partial charge in [-0.2, -0.15) is 5.10 Å². The minimum atomic E-state index is 0.145. The largest absolute Gasteiger partial charge is 0.381 e. The maximum atomic E-state index is 5.56. The summed E-state index contributed by atoms with van der Waals surface area (Å²) < 4.78 is 5.56. The molecule has 8 nitrogen and oxygen atoms in total. The van der Waals surface area contributed by atoms with E-state index in [0.717, 1.165) is 70.3 Å². The highest BCUT2D eigenvalue weighted by atomic mass is 16.5. The predicted molar refractivity (Wildman–Crippen MR) is 97.8 cm³/mol. The van der Waals surface area contributed by atoms with E-state index >= 15 is 0 Å². The number of hydrogen-bond acceptors (Lipinski definition) is 5. The Balaban J connectivity index is 1.54. The summed E-state index contributed by atoms with van der Waals surface area (Å²) in [6, 6.07) is 0. The van der Waals surface area contributed by atoms with Gasteiger partial charge in [-0.25, -0.2) is 4.98 Å². The average molecular weight is 349 g/mol. The maximum absolute atomic E-state index is 5.56. The van der Waals surface area contributed by atoms with Crippen LogP contribution < -0.4 is 5.32 Å². The Hall–Kier alpha value is -1.67. The molecule has 0 amide bonds. The van der Waals surface area contributed by atoms with Gasteiger partial charge in [-0.05, 0) is 39.8 Å². The molecule has 0 bridgehead atoms. The predicted octanol–water partition coefficient (Wildman–Crippen LogP) is 0.670. The molecule has 0 spiro atoms. The summed E-state index contributed by atoms with van der Waals surface area (Å²) in [6.45, 7) is 4.55. The van der Waals surface area contributed by atoms with Crippen molar-refractivity contribution < 1.29 is 4.74 Å². The molecule has 2 fully saturated rings. The number of nitrogens with zero attached hydrogens (tertiary/aromatic N) is 5. The van der Waals surface area contributed by atoms with Gasteiger partial charge in [0.1, 0.15) is 12.2 Å². The van der Waals surface area contributed by atoms with E-state index in [4.69, 9.17) is 4.74 Å². The Morgan fingerprint density at radius 1 is 1.40 bits per heavy atom. The van der Waals surface area contributed by atoms with E-state index in [9.17, 15) is 0 Å². The highest BCUT2D eigenvalue weighted by Crippen LogP contribution is 2.27. The number of piperidine rings is 1. The van der Waals surface area contributed by atoms with Gasteiger partial charge in [0, 0.05) is 51.4 Å². The van der Waals surface area contributed by atoms with Crippen molar-refractivity contribution in [3.8, 4) is 0 Å². The first kappa shape index (κ1) is 18.1. The molecule has 0 unspecified atom stereocenters. The topological polar surface area (TPSA) is 81.7 Å². The number of aromatic amines is 1. The van der Waals surface area contributed by atoms with Gasteiger partial charge in [0.25, 0.3) is 0 Å². The molecule has 0 radical (unpaired) electrons. The Morgan fingerprint density at radius 2 is 2.12 bits per heavy atom. The van der Waals surface area contributed by atoms with Crippen LogP contribution in [0.5, 0.6) is 0 Å². The lowest BCUT2D eigenvalue weighted by Crippen LogP contribution is -2.57. The van der Waals surface area contributed by atoms with Crippen LogP contribution in [0, 0.1) is 0 Å². The minimum absolute atomic E-state index is 0.145. The van der Waals surface area contributed by atoms with Gasteiger partial charge >= 0.3 is 0 Å². The van der Waals surface area contributed by atoms with Crippen molar-refractivity contribution in [2.45, 2.75) is 37.1 Å². The van der Waals surface area contributed by atoms with Crippen LogP contribution in [-0.4, -0.2) is 90.5 Å². The zero-order valence-electron chi connectivity index (χ0n) is 15.7. The van der Waals surface area contributed by atoms with Gasteiger partial charge in [-0.15, -0.1) is 0 Å². The molecule has 3 rings (SSSR count). The van der Waals surface area contributed by atoms with Crippen molar-refractivity contribution in [3.63, 3.8) is 0 Å². The Labute approximate surface area is 150 Å². The van der Waals surface area contributed by atoms with E-state index in [0.29, 0.717) is 5.92 Å². The number of likely N-dealkylation sites (N-methyl/N-ethyl adjacent to an activating group) is 1. The Kier molecular flexibility index (Phi) is 5.90. The number of aliphatic imine (C=N–C) groups is 1. The van der Waals surface area contributed by atoms with Crippen molar-refractivity contribution in [1.29, 1.82) is 0 Å². The number of aromatic nitrogens is 3. The van der Waals surface area contributed by atoms with Crippen LogP contribution in [0.1, 0.15) is 37.4 Å².